The maximum absolute atomic E-state index is 13.8. The number of hydrogen-bond acceptors (Lipinski definition) is 3. The van der Waals surface area contributed by atoms with Gasteiger partial charge in [-0.15, -0.1) is 11.8 Å². The number of rotatable bonds is 4. The summed E-state index contributed by atoms with van der Waals surface area (Å²) in [6, 6.07) is 8.79. The predicted molar refractivity (Wildman–Crippen MR) is 76.0 cm³/mol. The lowest BCUT2D eigenvalue weighted by Crippen LogP contribution is -1.94. The van der Waals surface area contributed by atoms with Crippen LogP contribution in [0.2, 0.25) is 0 Å². The van der Waals surface area contributed by atoms with Crippen molar-refractivity contribution in [3.05, 3.63) is 59.3 Å². The minimum absolute atomic E-state index is 0.226. The van der Waals surface area contributed by atoms with Crippen LogP contribution in [0.15, 0.2) is 41.0 Å². The minimum Gasteiger partial charge on any atom is -0.468 e. The van der Waals surface area contributed by atoms with E-state index in [4.69, 9.17) is 10.2 Å². The van der Waals surface area contributed by atoms with Gasteiger partial charge in [-0.1, -0.05) is 17.9 Å². The Labute approximate surface area is 116 Å². The van der Waals surface area contributed by atoms with Gasteiger partial charge in [0, 0.05) is 11.3 Å². The smallest absolute Gasteiger partial charge is 0.128 e. The van der Waals surface area contributed by atoms with Crippen molar-refractivity contribution in [2.45, 2.75) is 11.5 Å². The van der Waals surface area contributed by atoms with Crippen LogP contribution in [0.25, 0.3) is 0 Å². The fraction of sp³-hybridized carbons (Fsp3) is 0.200. The summed E-state index contributed by atoms with van der Waals surface area (Å²) in [5.74, 6) is 7.54. The van der Waals surface area contributed by atoms with Gasteiger partial charge in [-0.05, 0) is 29.8 Å². The number of halogens is 1. The average Bonchev–Trinajstić information content (AvgIpc) is 2.92. The minimum atomic E-state index is -0.226. The lowest BCUT2D eigenvalue weighted by Gasteiger charge is -2.03. The molecule has 19 heavy (non-hydrogen) atoms. The van der Waals surface area contributed by atoms with Crippen LogP contribution in [0.3, 0.4) is 0 Å². The highest BCUT2D eigenvalue weighted by Crippen LogP contribution is 2.20. The van der Waals surface area contributed by atoms with E-state index in [2.05, 4.69) is 11.8 Å². The largest absolute Gasteiger partial charge is 0.468 e. The maximum atomic E-state index is 13.8. The Kier molecular flexibility index (Phi) is 5.08. The molecule has 0 spiro atoms. The first-order chi connectivity index (χ1) is 9.29. The van der Waals surface area contributed by atoms with E-state index in [0.717, 1.165) is 11.5 Å². The molecule has 0 aliphatic carbocycles. The van der Waals surface area contributed by atoms with Gasteiger partial charge in [0.25, 0.3) is 0 Å². The van der Waals surface area contributed by atoms with Crippen molar-refractivity contribution < 1.29 is 8.81 Å². The molecule has 0 saturated heterocycles. The van der Waals surface area contributed by atoms with E-state index >= 15 is 0 Å². The summed E-state index contributed by atoms with van der Waals surface area (Å²) in [6.07, 6.45) is 1.64. The van der Waals surface area contributed by atoms with Crippen LogP contribution in [0.5, 0.6) is 0 Å². The zero-order chi connectivity index (χ0) is 13.5. The molecule has 0 amide bonds. The van der Waals surface area contributed by atoms with Gasteiger partial charge in [-0.2, -0.15) is 0 Å². The topological polar surface area (TPSA) is 39.2 Å². The Morgan fingerprint density at radius 1 is 1.26 bits per heavy atom. The molecule has 1 aromatic heterocycles. The summed E-state index contributed by atoms with van der Waals surface area (Å²) in [5, 5.41) is 0. The highest BCUT2D eigenvalue weighted by atomic mass is 32.2. The Bertz CT molecular complexity index is 584. The molecule has 0 bridgehead atoms. The van der Waals surface area contributed by atoms with Crippen LogP contribution < -0.4 is 5.73 Å². The third-order valence-corrected chi connectivity index (χ3v) is 3.47. The van der Waals surface area contributed by atoms with Gasteiger partial charge in [0.2, 0.25) is 0 Å². The maximum Gasteiger partial charge on any atom is 0.128 e. The molecule has 0 aliphatic heterocycles. The molecule has 0 aliphatic rings. The number of nitrogens with two attached hydrogens (primary N) is 1. The molecule has 1 heterocycles. The molecular weight excluding hydrogens is 261 g/mol. The van der Waals surface area contributed by atoms with Crippen molar-refractivity contribution in [2.75, 3.05) is 6.54 Å². The summed E-state index contributed by atoms with van der Waals surface area (Å²) in [5.41, 5.74) is 6.61. The van der Waals surface area contributed by atoms with Gasteiger partial charge in [0.05, 0.1) is 18.6 Å². The number of benzene rings is 1. The molecule has 1 aromatic carbocycles. The first-order valence-electron chi connectivity index (χ1n) is 5.87. The second-order valence-corrected chi connectivity index (χ2v) is 4.87. The zero-order valence-electron chi connectivity index (χ0n) is 10.4. The molecule has 0 atom stereocenters. The highest BCUT2D eigenvalue weighted by Gasteiger charge is 2.04. The van der Waals surface area contributed by atoms with E-state index in [-0.39, 0.29) is 12.4 Å². The first kappa shape index (κ1) is 13.7. The van der Waals surface area contributed by atoms with Gasteiger partial charge in [0.1, 0.15) is 11.6 Å². The van der Waals surface area contributed by atoms with Gasteiger partial charge >= 0.3 is 0 Å². The molecule has 0 fully saturated rings. The summed E-state index contributed by atoms with van der Waals surface area (Å²) in [4.78, 5) is 0. The van der Waals surface area contributed by atoms with E-state index in [1.807, 2.05) is 18.2 Å². The molecule has 0 radical (unpaired) electrons. The van der Waals surface area contributed by atoms with Gasteiger partial charge in [-0.25, -0.2) is 4.39 Å². The molecule has 2 aromatic rings. The third kappa shape index (κ3) is 4.16. The molecule has 98 valence electrons. The molecule has 2 nitrogen and oxygen atoms in total. The third-order valence-electron chi connectivity index (χ3n) is 2.47. The standard InChI is InChI=1S/C15H14FNOS/c16-15-9-12(3-1-7-17)5-6-13(15)10-19-11-14-4-2-8-18-14/h2,4-6,8-9H,7,10-11,17H2. The molecule has 2 rings (SSSR count). The quantitative estimate of drug-likeness (QED) is 0.871. The van der Waals surface area contributed by atoms with Crippen molar-refractivity contribution in [1.29, 1.82) is 0 Å². The zero-order valence-corrected chi connectivity index (χ0v) is 11.2. The van der Waals surface area contributed by atoms with E-state index in [0.29, 0.717) is 16.9 Å². The van der Waals surface area contributed by atoms with Gasteiger partial charge in [-0.3, -0.25) is 0 Å². The Morgan fingerprint density at radius 3 is 2.84 bits per heavy atom. The second kappa shape index (κ2) is 7.03. The average molecular weight is 275 g/mol. The molecule has 0 saturated carbocycles. The Hall–Kier alpha value is -1.70. The van der Waals surface area contributed by atoms with Crippen LogP contribution in [0.4, 0.5) is 4.39 Å². The SMILES string of the molecule is NCC#Cc1ccc(CSCc2ccco2)c(F)c1. The van der Waals surface area contributed by atoms with Crippen molar-refractivity contribution in [2.24, 2.45) is 5.73 Å². The normalized spacial score (nSPS) is 10.0. The van der Waals surface area contributed by atoms with E-state index in [1.54, 1.807) is 24.1 Å². The summed E-state index contributed by atoms with van der Waals surface area (Å²) < 4.78 is 19.0. The monoisotopic (exact) mass is 275 g/mol. The number of furan rings is 1. The van der Waals surface area contributed by atoms with Crippen LogP contribution >= 0.6 is 11.8 Å². The summed E-state index contributed by atoms with van der Waals surface area (Å²) >= 11 is 1.61. The molecular formula is C15H14FNOS. The van der Waals surface area contributed by atoms with Crippen molar-refractivity contribution in [3.63, 3.8) is 0 Å². The Morgan fingerprint density at radius 2 is 2.16 bits per heavy atom. The van der Waals surface area contributed by atoms with Crippen molar-refractivity contribution in [3.8, 4) is 11.8 Å². The van der Waals surface area contributed by atoms with Crippen LogP contribution in [-0.2, 0) is 11.5 Å². The van der Waals surface area contributed by atoms with E-state index in [9.17, 15) is 4.39 Å². The van der Waals surface area contributed by atoms with Crippen LogP contribution in [0.1, 0.15) is 16.9 Å². The van der Waals surface area contributed by atoms with Crippen molar-refractivity contribution in [1.82, 2.24) is 0 Å². The van der Waals surface area contributed by atoms with Gasteiger partial charge < -0.3 is 10.2 Å². The highest BCUT2D eigenvalue weighted by molar-refractivity contribution is 7.97. The Balaban J connectivity index is 1.93. The van der Waals surface area contributed by atoms with Crippen LogP contribution in [-0.4, -0.2) is 6.54 Å². The predicted octanol–water partition coefficient (Wildman–Crippen LogP) is 3.16. The lowest BCUT2D eigenvalue weighted by atomic mass is 10.1. The van der Waals surface area contributed by atoms with Crippen LogP contribution in [0, 0.1) is 17.7 Å². The molecule has 2 N–H and O–H groups in total. The lowest BCUT2D eigenvalue weighted by molar-refractivity contribution is 0.530. The first-order valence-corrected chi connectivity index (χ1v) is 7.02. The number of hydrogen-bond donors (Lipinski definition) is 1. The molecule has 4 heteroatoms. The van der Waals surface area contributed by atoms with Gasteiger partial charge in [0.15, 0.2) is 0 Å². The fourth-order valence-electron chi connectivity index (χ4n) is 1.55. The summed E-state index contributed by atoms with van der Waals surface area (Å²) in [7, 11) is 0. The van der Waals surface area contributed by atoms with E-state index < -0.39 is 0 Å². The molecule has 0 unspecified atom stereocenters. The van der Waals surface area contributed by atoms with E-state index in [1.165, 1.54) is 6.07 Å². The number of thioether (sulfide) groups is 1. The van der Waals surface area contributed by atoms with Crippen molar-refractivity contribution >= 4 is 11.8 Å². The fourth-order valence-corrected chi connectivity index (χ4v) is 2.47. The second-order valence-electron chi connectivity index (χ2n) is 3.88. The summed E-state index contributed by atoms with van der Waals surface area (Å²) in [6.45, 7) is 0.280.